The number of fused-ring (bicyclic) bond motifs is 1. The van der Waals surface area contributed by atoms with Gasteiger partial charge in [-0.25, -0.2) is 4.98 Å². The molecule has 5 heteroatoms. The van der Waals surface area contributed by atoms with E-state index in [-0.39, 0.29) is 5.69 Å². The monoisotopic (exact) mass is 300 g/mol. The van der Waals surface area contributed by atoms with Gasteiger partial charge in [0.1, 0.15) is 5.52 Å². The number of halogens is 1. The maximum Gasteiger partial charge on any atom is 0.308 e. The second kappa shape index (κ2) is 3.49. The van der Waals surface area contributed by atoms with E-state index in [1.54, 1.807) is 18.3 Å². The van der Waals surface area contributed by atoms with Crippen molar-refractivity contribution >= 4 is 39.2 Å². The van der Waals surface area contributed by atoms with Crippen molar-refractivity contribution in [1.29, 1.82) is 0 Å². The lowest BCUT2D eigenvalue weighted by molar-refractivity contribution is -0.384. The van der Waals surface area contributed by atoms with E-state index in [9.17, 15) is 10.1 Å². The van der Waals surface area contributed by atoms with E-state index in [0.29, 0.717) is 9.09 Å². The number of hydrogen-bond donors (Lipinski definition) is 0. The highest BCUT2D eigenvalue weighted by atomic mass is 127. The van der Waals surface area contributed by atoms with Crippen molar-refractivity contribution in [3.8, 4) is 0 Å². The lowest BCUT2D eigenvalue weighted by atomic mass is 10.2. The summed E-state index contributed by atoms with van der Waals surface area (Å²) >= 11 is 1.94. The average Bonchev–Trinajstić information content (AvgIpc) is 2.17. The Labute approximate surface area is 93.2 Å². The minimum Gasteiger partial charge on any atom is -0.258 e. The highest BCUT2D eigenvalue weighted by molar-refractivity contribution is 14.1. The molecule has 0 aliphatic carbocycles. The molecule has 1 heterocycles. The maximum absolute atomic E-state index is 10.8. The zero-order chi connectivity index (χ0) is 10.1. The van der Waals surface area contributed by atoms with Gasteiger partial charge in [-0.05, 0) is 34.7 Å². The Morgan fingerprint density at radius 2 is 2.14 bits per heavy atom. The van der Waals surface area contributed by atoms with Crippen LogP contribution in [0.25, 0.3) is 10.9 Å². The molecule has 0 amide bonds. The molecule has 1 aromatic carbocycles. The van der Waals surface area contributed by atoms with E-state index in [2.05, 4.69) is 4.98 Å². The maximum atomic E-state index is 10.8. The third-order valence-electron chi connectivity index (χ3n) is 1.88. The lowest BCUT2D eigenvalue weighted by Crippen LogP contribution is -1.94. The van der Waals surface area contributed by atoms with E-state index in [4.69, 9.17) is 0 Å². The van der Waals surface area contributed by atoms with Crippen LogP contribution < -0.4 is 0 Å². The molecule has 2 aromatic rings. The molecule has 14 heavy (non-hydrogen) atoms. The summed E-state index contributed by atoms with van der Waals surface area (Å²) in [6, 6.07) is 7.13. The van der Waals surface area contributed by atoms with Crippen LogP contribution in [0.1, 0.15) is 0 Å². The summed E-state index contributed by atoms with van der Waals surface area (Å²) in [6.45, 7) is 0. The second-order valence-electron chi connectivity index (χ2n) is 2.73. The van der Waals surface area contributed by atoms with Crippen molar-refractivity contribution in [2.75, 3.05) is 0 Å². The van der Waals surface area contributed by atoms with Gasteiger partial charge in [0, 0.05) is 11.6 Å². The van der Waals surface area contributed by atoms with Crippen molar-refractivity contribution in [3.63, 3.8) is 0 Å². The van der Waals surface area contributed by atoms with Crippen LogP contribution in [0, 0.1) is 13.7 Å². The number of pyridine rings is 1. The number of nitro benzene ring substituents is 1. The van der Waals surface area contributed by atoms with Gasteiger partial charge in [0.2, 0.25) is 0 Å². The van der Waals surface area contributed by atoms with Crippen LogP contribution in [0.4, 0.5) is 5.69 Å². The number of rotatable bonds is 1. The van der Waals surface area contributed by atoms with Gasteiger partial charge in [-0.2, -0.15) is 0 Å². The number of benzene rings is 1. The number of nitro groups is 1. The fraction of sp³-hybridized carbons (Fsp3) is 0. The third-order valence-corrected chi connectivity index (χ3v) is 2.75. The molecule has 0 saturated heterocycles. The molecule has 0 saturated carbocycles. The second-order valence-corrected chi connectivity index (χ2v) is 3.89. The molecule has 0 unspecified atom stereocenters. The molecule has 0 aliphatic rings. The van der Waals surface area contributed by atoms with E-state index in [1.165, 1.54) is 0 Å². The lowest BCUT2D eigenvalue weighted by Gasteiger charge is -1.99. The summed E-state index contributed by atoms with van der Waals surface area (Å²) < 4.78 is 0.610. The smallest absolute Gasteiger partial charge is 0.258 e. The number of nitrogens with zero attached hydrogens (tertiary/aromatic N) is 2. The molecule has 0 aliphatic heterocycles. The van der Waals surface area contributed by atoms with Crippen LogP contribution in [0.2, 0.25) is 0 Å². The van der Waals surface area contributed by atoms with Gasteiger partial charge in [0.15, 0.2) is 0 Å². The summed E-state index contributed by atoms with van der Waals surface area (Å²) in [5.74, 6) is 0. The van der Waals surface area contributed by atoms with E-state index in [0.717, 1.165) is 5.39 Å². The summed E-state index contributed by atoms with van der Waals surface area (Å²) in [4.78, 5) is 14.4. The summed E-state index contributed by atoms with van der Waals surface area (Å²) in [6.07, 6.45) is 1.56. The van der Waals surface area contributed by atoms with Crippen LogP contribution in [-0.4, -0.2) is 9.91 Å². The fourth-order valence-electron chi connectivity index (χ4n) is 1.28. The Morgan fingerprint density at radius 3 is 2.86 bits per heavy atom. The van der Waals surface area contributed by atoms with Gasteiger partial charge in [-0.3, -0.25) is 10.1 Å². The molecule has 4 nitrogen and oxygen atoms in total. The van der Waals surface area contributed by atoms with Crippen LogP contribution in [0.5, 0.6) is 0 Å². The summed E-state index contributed by atoms with van der Waals surface area (Å²) in [7, 11) is 0. The Bertz CT molecular complexity index is 513. The van der Waals surface area contributed by atoms with Crippen molar-refractivity contribution in [3.05, 3.63) is 44.1 Å². The SMILES string of the molecule is O=[N+]([O-])c1c(I)ccc2cccnc12. The first-order chi connectivity index (χ1) is 6.70. The fourth-order valence-corrected chi connectivity index (χ4v) is 1.91. The Kier molecular flexibility index (Phi) is 2.32. The first-order valence-electron chi connectivity index (χ1n) is 3.88. The van der Waals surface area contributed by atoms with Crippen molar-refractivity contribution in [1.82, 2.24) is 4.98 Å². The third kappa shape index (κ3) is 1.43. The van der Waals surface area contributed by atoms with Crippen LogP contribution in [0.3, 0.4) is 0 Å². The van der Waals surface area contributed by atoms with Crippen molar-refractivity contribution in [2.24, 2.45) is 0 Å². The molecular weight excluding hydrogens is 295 g/mol. The quantitative estimate of drug-likeness (QED) is 0.462. The average molecular weight is 300 g/mol. The molecular formula is C9H5IN2O2. The Hall–Kier alpha value is -1.24. The molecule has 0 radical (unpaired) electrons. The molecule has 0 N–H and O–H groups in total. The number of aromatic nitrogens is 1. The zero-order valence-electron chi connectivity index (χ0n) is 6.98. The molecule has 1 aromatic heterocycles. The minimum atomic E-state index is -0.392. The number of hydrogen-bond acceptors (Lipinski definition) is 3. The summed E-state index contributed by atoms with van der Waals surface area (Å²) in [5.41, 5.74) is 0.535. The standard InChI is InChI=1S/C9H5IN2O2/c10-7-4-3-6-2-1-5-11-8(6)9(7)12(13)14/h1-5H. The van der Waals surface area contributed by atoms with Gasteiger partial charge in [0.05, 0.1) is 8.49 Å². The van der Waals surface area contributed by atoms with Gasteiger partial charge in [0.25, 0.3) is 0 Å². The van der Waals surface area contributed by atoms with Crippen LogP contribution >= 0.6 is 22.6 Å². The molecule has 0 atom stereocenters. The molecule has 0 fully saturated rings. The molecule has 70 valence electrons. The van der Waals surface area contributed by atoms with E-state index in [1.807, 2.05) is 34.7 Å². The van der Waals surface area contributed by atoms with E-state index < -0.39 is 4.92 Å². The molecule has 0 bridgehead atoms. The predicted octanol–water partition coefficient (Wildman–Crippen LogP) is 2.75. The normalized spacial score (nSPS) is 10.4. The highest BCUT2D eigenvalue weighted by Gasteiger charge is 2.16. The topological polar surface area (TPSA) is 56.0 Å². The van der Waals surface area contributed by atoms with Gasteiger partial charge < -0.3 is 0 Å². The first kappa shape index (κ1) is 9.32. The Morgan fingerprint density at radius 1 is 1.36 bits per heavy atom. The largest absolute Gasteiger partial charge is 0.308 e. The summed E-state index contributed by atoms with van der Waals surface area (Å²) in [5, 5.41) is 11.6. The zero-order valence-corrected chi connectivity index (χ0v) is 9.13. The van der Waals surface area contributed by atoms with Gasteiger partial charge in [-0.1, -0.05) is 12.1 Å². The van der Waals surface area contributed by atoms with Gasteiger partial charge >= 0.3 is 5.69 Å². The first-order valence-corrected chi connectivity index (χ1v) is 4.95. The molecule has 2 rings (SSSR count). The minimum absolute atomic E-state index is 0.0868. The van der Waals surface area contributed by atoms with E-state index >= 15 is 0 Å². The van der Waals surface area contributed by atoms with Crippen LogP contribution in [-0.2, 0) is 0 Å². The van der Waals surface area contributed by atoms with Crippen molar-refractivity contribution in [2.45, 2.75) is 0 Å². The Balaban J connectivity index is 2.90. The van der Waals surface area contributed by atoms with Crippen LogP contribution in [0.15, 0.2) is 30.5 Å². The predicted molar refractivity (Wildman–Crippen MR) is 61.1 cm³/mol. The van der Waals surface area contributed by atoms with Gasteiger partial charge in [-0.15, -0.1) is 0 Å². The van der Waals surface area contributed by atoms with Crippen molar-refractivity contribution < 1.29 is 4.92 Å². The highest BCUT2D eigenvalue weighted by Crippen LogP contribution is 2.28. The molecule has 0 spiro atoms.